The fraction of sp³-hybridized carbons (Fsp3) is 0.158. The number of thiazole rings is 1. The number of hydrogen-bond acceptors (Lipinski definition) is 4. The van der Waals surface area contributed by atoms with E-state index in [1.54, 1.807) is 36.4 Å². The van der Waals surface area contributed by atoms with Crippen LogP contribution in [0.1, 0.15) is 16.1 Å². The molecule has 7 heteroatoms. The predicted molar refractivity (Wildman–Crippen MR) is 104 cm³/mol. The molecule has 0 unspecified atom stereocenters. The number of anilines is 1. The number of rotatable bonds is 6. The highest BCUT2D eigenvalue weighted by Crippen LogP contribution is 2.20. The van der Waals surface area contributed by atoms with Crippen LogP contribution in [-0.2, 0) is 17.8 Å². The zero-order valence-corrected chi connectivity index (χ0v) is 15.7. The summed E-state index contributed by atoms with van der Waals surface area (Å²) in [5.74, 6) is 0.231. The van der Waals surface area contributed by atoms with Gasteiger partial charge < -0.3 is 15.0 Å². The Bertz CT molecular complexity index is 964. The van der Waals surface area contributed by atoms with E-state index in [2.05, 4.69) is 10.3 Å². The quantitative estimate of drug-likeness (QED) is 0.584. The van der Waals surface area contributed by atoms with Gasteiger partial charge in [-0.1, -0.05) is 18.2 Å². The summed E-state index contributed by atoms with van der Waals surface area (Å²) < 4.78 is 19.3. The standard InChI is InChI=1S/C19H17FN2O2S2/c1-12-17(26-19(25)21-12)10-18(23)22-15-3-2-4-16(9-15)24-11-13-5-7-14(20)8-6-13/h2-9H,10-11H2,1H3,(H,21,25)(H,22,23). The summed E-state index contributed by atoms with van der Waals surface area (Å²) in [6, 6.07) is 13.3. The van der Waals surface area contributed by atoms with Gasteiger partial charge in [0.1, 0.15) is 18.2 Å². The largest absolute Gasteiger partial charge is 0.489 e. The van der Waals surface area contributed by atoms with Gasteiger partial charge in [-0.05, 0) is 49.0 Å². The lowest BCUT2D eigenvalue weighted by Gasteiger charge is -2.09. The molecule has 26 heavy (non-hydrogen) atoms. The van der Waals surface area contributed by atoms with E-state index in [0.29, 0.717) is 22.0 Å². The first kappa shape index (κ1) is 18.3. The van der Waals surface area contributed by atoms with Crippen LogP contribution < -0.4 is 10.1 Å². The van der Waals surface area contributed by atoms with E-state index < -0.39 is 0 Å². The molecule has 0 saturated carbocycles. The number of hydrogen-bond donors (Lipinski definition) is 2. The number of halogens is 1. The van der Waals surface area contributed by atoms with Crippen molar-refractivity contribution in [1.82, 2.24) is 4.98 Å². The SMILES string of the molecule is Cc1[nH]c(=S)sc1CC(=O)Nc1cccc(OCc2ccc(F)cc2)c1. The minimum atomic E-state index is -0.278. The van der Waals surface area contributed by atoms with Crippen molar-refractivity contribution in [3.63, 3.8) is 0 Å². The normalized spacial score (nSPS) is 10.5. The number of nitrogens with one attached hydrogen (secondary N) is 2. The number of aromatic nitrogens is 1. The van der Waals surface area contributed by atoms with Gasteiger partial charge in [-0.3, -0.25) is 4.79 Å². The number of carbonyl (C=O) groups excluding carboxylic acids is 1. The lowest BCUT2D eigenvalue weighted by atomic mass is 10.2. The van der Waals surface area contributed by atoms with Gasteiger partial charge in [0.15, 0.2) is 3.95 Å². The topological polar surface area (TPSA) is 54.1 Å². The van der Waals surface area contributed by atoms with Crippen LogP contribution in [0.4, 0.5) is 10.1 Å². The molecule has 0 aliphatic carbocycles. The Kier molecular flexibility index (Phi) is 5.80. The number of ether oxygens (including phenoxy) is 1. The third-order valence-electron chi connectivity index (χ3n) is 3.68. The van der Waals surface area contributed by atoms with Crippen molar-refractivity contribution in [3.8, 4) is 5.75 Å². The van der Waals surface area contributed by atoms with E-state index in [1.807, 2.05) is 6.92 Å². The lowest BCUT2D eigenvalue weighted by molar-refractivity contribution is -0.115. The van der Waals surface area contributed by atoms with Gasteiger partial charge in [0.25, 0.3) is 0 Å². The van der Waals surface area contributed by atoms with Crippen LogP contribution in [0.5, 0.6) is 5.75 Å². The van der Waals surface area contributed by atoms with Gasteiger partial charge in [-0.25, -0.2) is 4.39 Å². The predicted octanol–water partition coefficient (Wildman–Crippen LogP) is 5.01. The molecule has 1 amide bonds. The Labute approximate surface area is 159 Å². The Balaban J connectivity index is 1.59. The molecule has 0 spiro atoms. The highest BCUT2D eigenvalue weighted by atomic mass is 32.1. The van der Waals surface area contributed by atoms with Crippen LogP contribution in [0.3, 0.4) is 0 Å². The maximum Gasteiger partial charge on any atom is 0.229 e. The first-order valence-corrected chi connectivity index (χ1v) is 9.18. The number of H-pyrrole nitrogens is 1. The molecule has 3 aromatic rings. The third kappa shape index (κ3) is 5.00. The molecule has 0 radical (unpaired) electrons. The molecule has 134 valence electrons. The van der Waals surface area contributed by atoms with Crippen molar-refractivity contribution >= 4 is 35.1 Å². The average molecular weight is 388 g/mol. The molecule has 0 atom stereocenters. The second kappa shape index (κ2) is 8.25. The molecule has 2 N–H and O–H groups in total. The Morgan fingerprint density at radius 1 is 1.27 bits per heavy atom. The number of amides is 1. The van der Waals surface area contributed by atoms with E-state index in [1.165, 1.54) is 23.5 Å². The molecule has 0 saturated heterocycles. The highest BCUT2D eigenvalue weighted by molar-refractivity contribution is 7.73. The van der Waals surface area contributed by atoms with Gasteiger partial charge in [0, 0.05) is 22.3 Å². The van der Waals surface area contributed by atoms with Crippen LogP contribution >= 0.6 is 23.6 Å². The second-order valence-electron chi connectivity index (χ2n) is 5.73. The van der Waals surface area contributed by atoms with Crippen molar-refractivity contribution in [2.75, 3.05) is 5.32 Å². The molecule has 4 nitrogen and oxygen atoms in total. The monoisotopic (exact) mass is 388 g/mol. The van der Waals surface area contributed by atoms with Crippen molar-refractivity contribution in [1.29, 1.82) is 0 Å². The Morgan fingerprint density at radius 2 is 2.04 bits per heavy atom. The molecule has 1 aromatic heterocycles. The summed E-state index contributed by atoms with van der Waals surface area (Å²) in [6.07, 6.45) is 0.268. The summed E-state index contributed by atoms with van der Waals surface area (Å²) in [6.45, 7) is 2.22. The number of aryl methyl sites for hydroxylation is 1. The van der Waals surface area contributed by atoms with Crippen molar-refractivity contribution in [2.24, 2.45) is 0 Å². The van der Waals surface area contributed by atoms with E-state index in [-0.39, 0.29) is 18.1 Å². The zero-order valence-electron chi connectivity index (χ0n) is 14.0. The summed E-state index contributed by atoms with van der Waals surface area (Å²) >= 11 is 6.50. The molecule has 0 aliphatic heterocycles. The van der Waals surface area contributed by atoms with Crippen molar-refractivity contribution in [2.45, 2.75) is 20.0 Å². The van der Waals surface area contributed by atoms with E-state index >= 15 is 0 Å². The van der Waals surface area contributed by atoms with Gasteiger partial charge in [-0.15, -0.1) is 11.3 Å². The third-order valence-corrected chi connectivity index (χ3v) is 5.02. The number of benzene rings is 2. The molecule has 3 rings (SSSR count). The molecule has 0 fully saturated rings. The van der Waals surface area contributed by atoms with Gasteiger partial charge >= 0.3 is 0 Å². The van der Waals surface area contributed by atoms with Crippen LogP contribution in [0.15, 0.2) is 48.5 Å². The fourth-order valence-electron chi connectivity index (χ4n) is 2.37. The fourth-order valence-corrected chi connectivity index (χ4v) is 3.66. The number of aromatic amines is 1. The van der Waals surface area contributed by atoms with Crippen molar-refractivity contribution < 1.29 is 13.9 Å². The zero-order chi connectivity index (χ0) is 18.5. The second-order valence-corrected chi connectivity index (χ2v) is 7.50. The lowest BCUT2D eigenvalue weighted by Crippen LogP contribution is -2.14. The molecular weight excluding hydrogens is 371 g/mol. The first-order valence-electron chi connectivity index (χ1n) is 7.95. The Morgan fingerprint density at radius 3 is 2.73 bits per heavy atom. The minimum absolute atomic E-state index is 0.117. The average Bonchev–Trinajstić information content (AvgIpc) is 2.92. The maximum absolute atomic E-state index is 12.9. The first-order chi connectivity index (χ1) is 12.5. The molecule has 0 bridgehead atoms. The smallest absolute Gasteiger partial charge is 0.229 e. The molecule has 2 aromatic carbocycles. The summed E-state index contributed by atoms with van der Waals surface area (Å²) in [4.78, 5) is 16.2. The van der Waals surface area contributed by atoms with E-state index in [0.717, 1.165) is 16.1 Å². The van der Waals surface area contributed by atoms with Crippen LogP contribution in [0.25, 0.3) is 0 Å². The Hall–Kier alpha value is -2.51. The van der Waals surface area contributed by atoms with E-state index in [4.69, 9.17) is 17.0 Å². The summed E-state index contributed by atoms with van der Waals surface area (Å²) in [7, 11) is 0. The van der Waals surface area contributed by atoms with Crippen LogP contribution in [-0.4, -0.2) is 10.9 Å². The van der Waals surface area contributed by atoms with E-state index in [9.17, 15) is 9.18 Å². The van der Waals surface area contributed by atoms with Gasteiger partial charge in [-0.2, -0.15) is 0 Å². The minimum Gasteiger partial charge on any atom is -0.489 e. The number of carbonyl (C=O) groups is 1. The molecular formula is C19H17FN2O2S2. The van der Waals surface area contributed by atoms with Crippen LogP contribution in [0, 0.1) is 16.7 Å². The molecule has 1 heterocycles. The highest BCUT2D eigenvalue weighted by Gasteiger charge is 2.09. The summed E-state index contributed by atoms with van der Waals surface area (Å²) in [5, 5.41) is 2.86. The van der Waals surface area contributed by atoms with Gasteiger partial charge in [0.05, 0.1) is 6.42 Å². The van der Waals surface area contributed by atoms with Crippen molar-refractivity contribution in [3.05, 3.63) is 74.4 Å². The summed E-state index contributed by atoms with van der Waals surface area (Å²) in [5.41, 5.74) is 2.44. The van der Waals surface area contributed by atoms with Gasteiger partial charge in [0.2, 0.25) is 5.91 Å². The van der Waals surface area contributed by atoms with Crippen LogP contribution in [0.2, 0.25) is 0 Å². The maximum atomic E-state index is 12.9. The molecule has 0 aliphatic rings.